The molecular weight excluding hydrogens is 242 g/mol. The zero-order chi connectivity index (χ0) is 13.5. The average molecular weight is 263 g/mol. The fourth-order valence-electron chi connectivity index (χ4n) is 1.05. The second kappa shape index (κ2) is 7.42. The van der Waals surface area contributed by atoms with E-state index in [-0.39, 0.29) is 0 Å². The monoisotopic (exact) mass is 263 g/mol. The molecule has 5 nitrogen and oxygen atoms in total. The number of aliphatic carboxylic acids is 1. The molecule has 0 aliphatic heterocycles. The van der Waals surface area contributed by atoms with Gasteiger partial charge < -0.3 is 15.2 Å². The number of carboxylic acid groups (broad SMARTS) is 1. The van der Waals surface area contributed by atoms with Crippen LogP contribution in [-0.4, -0.2) is 40.3 Å². The Morgan fingerprint density at radius 2 is 2.00 bits per heavy atom. The number of thioether (sulfide) groups is 1. The molecule has 1 amide bonds. The molecule has 17 heavy (non-hydrogen) atoms. The van der Waals surface area contributed by atoms with Crippen LogP contribution in [0, 0.1) is 0 Å². The number of rotatable bonds is 6. The smallest absolute Gasteiger partial charge is 0.408 e. The first kappa shape index (κ1) is 16.1. The molecule has 2 N–H and O–H groups in total. The second-order valence-corrected chi connectivity index (χ2v) is 5.92. The van der Waals surface area contributed by atoms with E-state index in [1.807, 2.05) is 6.92 Å². The van der Waals surface area contributed by atoms with E-state index >= 15 is 0 Å². The van der Waals surface area contributed by atoms with E-state index in [4.69, 9.17) is 9.84 Å². The minimum absolute atomic E-state index is 0.396. The van der Waals surface area contributed by atoms with Gasteiger partial charge in [-0.15, -0.1) is 0 Å². The molecule has 0 radical (unpaired) electrons. The maximum Gasteiger partial charge on any atom is 0.408 e. The summed E-state index contributed by atoms with van der Waals surface area (Å²) >= 11 is 1.64. The lowest BCUT2D eigenvalue weighted by Gasteiger charge is -2.21. The van der Waals surface area contributed by atoms with E-state index in [0.717, 1.165) is 5.75 Å². The van der Waals surface area contributed by atoms with Gasteiger partial charge in [0.25, 0.3) is 0 Å². The van der Waals surface area contributed by atoms with E-state index in [2.05, 4.69) is 5.32 Å². The van der Waals surface area contributed by atoms with Crippen molar-refractivity contribution in [1.82, 2.24) is 5.32 Å². The Kier molecular flexibility index (Phi) is 7.03. The van der Waals surface area contributed by atoms with Gasteiger partial charge in [-0.25, -0.2) is 9.59 Å². The van der Waals surface area contributed by atoms with E-state index in [9.17, 15) is 9.59 Å². The summed E-state index contributed by atoms with van der Waals surface area (Å²) in [6.07, 6.45) is -0.293. The van der Waals surface area contributed by atoms with Gasteiger partial charge in [-0.1, -0.05) is 6.92 Å². The van der Waals surface area contributed by atoms with Crippen molar-refractivity contribution in [3.8, 4) is 0 Å². The van der Waals surface area contributed by atoms with Gasteiger partial charge in [0.15, 0.2) is 0 Å². The van der Waals surface area contributed by atoms with Gasteiger partial charge in [0.1, 0.15) is 11.6 Å². The molecule has 0 saturated heterocycles. The summed E-state index contributed by atoms with van der Waals surface area (Å²) < 4.78 is 5.00. The molecule has 0 rings (SSSR count). The van der Waals surface area contributed by atoms with Crippen LogP contribution < -0.4 is 5.32 Å². The van der Waals surface area contributed by atoms with Crippen molar-refractivity contribution in [3.05, 3.63) is 0 Å². The fraction of sp³-hybridized carbons (Fsp3) is 0.818. The fourth-order valence-corrected chi connectivity index (χ4v) is 1.74. The second-order valence-electron chi connectivity index (χ2n) is 4.52. The first-order chi connectivity index (χ1) is 7.76. The summed E-state index contributed by atoms with van der Waals surface area (Å²) in [7, 11) is 0. The van der Waals surface area contributed by atoms with Gasteiger partial charge in [0.2, 0.25) is 0 Å². The highest BCUT2D eigenvalue weighted by Crippen LogP contribution is 2.08. The molecule has 100 valence electrons. The third-order valence-electron chi connectivity index (χ3n) is 1.74. The van der Waals surface area contributed by atoms with E-state index in [1.165, 1.54) is 0 Å². The molecule has 0 aliphatic carbocycles. The zero-order valence-electron chi connectivity index (χ0n) is 10.8. The molecule has 0 saturated carbocycles. The van der Waals surface area contributed by atoms with Crippen LogP contribution in [0.2, 0.25) is 0 Å². The number of carbonyl (C=O) groups excluding carboxylic acids is 1. The Labute approximate surface area is 106 Å². The lowest BCUT2D eigenvalue weighted by Crippen LogP contribution is -2.43. The van der Waals surface area contributed by atoms with E-state index in [1.54, 1.807) is 32.5 Å². The molecule has 0 aromatic heterocycles. The first-order valence-corrected chi connectivity index (χ1v) is 6.71. The van der Waals surface area contributed by atoms with Crippen LogP contribution >= 0.6 is 11.8 Å². The summed E-state index contributed by atoms with van der Waals surface area (Å²) in [6, 6.07) is -0.885. The summed E-state index contributed by atoms with van der Waals surface area (Å²) in [6.45, 7) is 7.20. The summed E-state index contributed by atoms with van der Waals surface area (Å²) in [5, 5.41) is 11.3. The standard InChI is InChI=1S/C11H21NO4S/c1-5-17-7-6-8(9(13)14)12-10(15)16-11(2,3)4/h8H,5-7H2,1-4H3,(H,12,15)(H,13,14). The average Bonchev–Trinajstić information content (AvgIpc) is 2.13. The van der Waals surface area contributed by atoms with Crippen molar-refractivity contribution in [2.45, 2.75) is 45.8 Å². The molecule has 6 heteroatoms. The third-order valence-corrected chi connectivity index (χ3v) is 2.68. The molecule has 0 aromatic rings. The predicted octanol–water partition coefficient (Wildman–Crippen LogP) is 2.11. The maximum absolute atomic E-state index is 11.4. The number of alkyl carbamates (subject to hydrolysis) is 1. The topological polar surface area (TPSA) is 75.6 Å². The van der Waals surface area contributed by atoms with Crippen molar-refractivity contribution in [3.63, 3.8) is 0 Å². The lowest BCUT2D eigenvalue weighted by molar-refractivity contribution is -0.139. The number of ether oxygens (including phenoxy) is 1. The molecular formula is C11H21NO4S. The Hall–Kier alpha value is -0.910. The van der Waals surface area contributed by atoms with Gasteiger partial charge in [-0.2, -0.15) is 11.8 Å². The number of nitrogens with one attached hydrogen (secondary N) is 1. The molecule has 1 atom stereocenters. The van der Waals surface area contributed by atoms with Gasteiger partial charge in [0.05, 0.1) is 0 Å². The van der Waals surface area contributed by atoms with Crippen LogP contribution in [0.15, 0.2) is 0 Å². The number of carboxylic acids is 1. The zero-order valence-corrected chi connectivity index (χ0v) is 11.6. The number of hydrogen-bond donors (Lipinski definition) is 2. The SMILES string of the molecule is CCSCCC(NC(=O)OC(C)(C)C)C(=O)O. The lowest BCUT2D eigenvalue weighted by atomic mass is 10.2. The van der Waals surface area contributed by atoms with Gasteiger partial charge in [0, 0.05) is 0 Å². The van der Waals surface area contributed by atoms with Crippen molar-refractivity contribution < 1.29 is 19.4 Å². The summed E-state index contributed by atoms with van der Waals surface area (Å²) in [5.74, 6) is 0.592. The normalized spacial score (nSPS) is 12.9. The number of hydrogen-bond acceptors (Lipinski definition) is 4. The minimum Gasteiger partial charge on any atom is -0.480 e. The largest absolute Gasteiger partial charge is 0.480 e. The molecule has 0 heterocycles. The van der Waals surface area contributed by atoms with E-state index in [0.29, 0.717) is 12.2 Å². The molecule has 0 bridgehead atoms. The van der Waals surface area contributed by atoms with Gasteiger partial charge >= 0.3 is 12.1 Å². The Balaban J connectivity index is 4.16. The molecule has 0 fully saturated rings. The van der Waals surface area contributed by atoms with Crippen LogP contribution in [0.25, 0.3) is 0 Å². The van der Waals surface area contributed by atoms with Crippen LogP contribution in [0.1, 0.15) is 34.1 Å². The quantitative estimate of drug-likeness (QED) is 0.718. The Morgan fingerprint density at radius 1 is 1.41 bits per heavy atom. The number of amides is 1. The van der Waals surface area contributed by atoms with Gasteiger partial charge in [-0.3, -0.25) is 0 Å². The molecule has 0 aromatic carbocycles. The van der Waals surface area contributed by atoms with Crippen molar-refractivity contribution in [2.75, 3.05) is 11.5 Å². The highest BCUT2D eigenvalue weighted by molar-refractivity contribution is 7.99. The Morgan fingerprint density at radius 3 is 2.41 bits per heavy atom. The van der Waals surface area contributed by atoms with Crippen LogP contribution in [-0.2, 0) is 9.53 Å². The maximum atomic E-state index is 11.4. The van der Waals surface area contributed by atoms with Crippen LogP contribution in [0.4, 0.5) is 4.79 Å². The first-order valence-electron chi connectivity index (χ1n) is 5.56. The van der Waals surface area contributed by atoms with Crippen molar-refractivity contribution in [1.29, 1.82) is 0 Å². The number of carbonyl (C=O) groups is 2. The molecule has 0 aliphatic rings. The highest BCUT2D eigenvalue weighted by Gasteiger charge is 2.23. The van der Waals surface area contributed by atoms with Crippen LogP contribution in [0.5, 0.6) is 0 Å². The summed E-state index contributed by atoms with van der Waals surface area (Å²) in [5.41, 5.74) is -0.620. The molecule has 0 spiro atoms. The molecule has 1 unspecified atom stereocenters. The third kappa shape index (κ3) is 8.85. The minimum atomic E-state index is -1.03. The van der Waals surface area contributed by atoms with Crippen LogP contribution in [0.3, 0.4) is 0 Å². The van der Waals surface area contributed by atoms with Crippen molar-refractivity contribution >= 4 is 23.8 Å². The highest BCUT2D eigenvalue weighted by atomic mass is 32.2. The Bertz CT molecular complexity index is 263. The van der Waals surface area contributed by atoms with E-state index < -0.39 is 23.7 Å². The van der Waals surface area contributed by atoms with Crippen molar-refractivity contribution in [2.24, 2.45) is 0 Å². The van der Waals surface area contributed by atoms with Gasteiger partial charge in [-0.05, 0) is 38.7 Å². The predicted molar refractivity (Wildman–Crippen MR) is 68.4 cm³/mol. The summed E-state index contributed by atoms with van der Waals surface area (Å²) in [4.78, 5) is 22.3.